The number of hydrogen-bond donors (Lipinski definition) is 0. The second-order valence-corrected chi connectivity index (χ2v) is 0.298. The van der Waals surface area contributed by atoms with Crippen LogP contribution >= 0.6 is 0 Å². The first kappa shape index (κ1) is 17.6. The normalized spacial score (nSPS) is 1.80. The van der Waals surface area contributed by atoms with E-state index in [2.05, 4.69) is 15.6 Å². The topological polar surface area (TPSA) is 45.6 Å². The SMILES string of the molecule is O=[C]=[Fe].[Fe+2].[O-2]. The summed E-state index contributed by atoms with van der Waals surface area (Å²) in [5.74, 6) is 0. The van der Waals surface area contributed by atoms with E-state index < -0.39 is 0 Å². The molecule has 0 aromatic rings. The third-order valence-electron chi connectivity index (χ3n) is 0. The van der Waals surface area contributed by atoms with Crippen LogP contribution in [0.2, 0.25) is 0 Å². The van der Waals surface area contributed by atoms with Gasteiger partial charge in [-0.3, -0.25) is 0 Å². The molecule has 0 spiro atoms. The Hall–Kier alpha value is 0.579. The largest absolute Gasteiger partial charge is 2.00 e. The summed E-state index contributed by atoms with van der Waals surface area (Å²) in [5, 5.41) is 0. The third kappa shape index (κ3) is 90.9. The van der Waals surface area contributed by atoms with Crippen molar-refractivity contribution in [3.8, 4) is 0 Å². The molecule has 0 aliphatic carbocycles. The molecule has 4 heteroatoms. The fraction of sp³-hybridized carbons (Fsp3) is 0. The van der Waals surface area contributed by atoms with E-state index in [9.17, 15) is 0 Å². The summed E-state index contributed by atoms with van der Waals surface area (Å²) in [5.41, 5.74) is 0. The van der Waals surface area contributed by atoms with Crippen molar-refractivity contribution >= 4 is 4.79 Å². The van der Waals surface area contributed by atoms with Gasteiger partial charge in [0.25, 0.3) is 0 Å². The maximum atomic E-state index is 8.57. The van der Waals surface area contributed by atoms with Crippen molar-refractivity contribution in [3.05, 3.63) is 0 Å². The second kappa shape index (κ2) is 23.5. The van der Waals surface area contributed by atoms with E-state index >= 15 is 0 Å². The minimum Gasteiger partial charge on any atom is -2.00 e. The molecular weight excluding hydrogens is 156 g/mol. The van der Waals surface area contributed by atoms with Gasteiger partial charge in [-0.2, -0.15) is 0 Å². The maximum absolute atomic E-state index is 8.57. The molecule has 0 bridgehead atoms. The summed E-state index contributed by atoms with van der Waals surface area (Å²) in [7, 11) is 0. The molecule has 0 N–H and O–H groups in total. The van der Waals surface area contributed by atoms with Gasteiger partial charge in [0.1, 0.15) is 0 Å². The fourth-order valence-electron chi connectivity index (χ4n) is 0. The molecule has 2 nitrogen and oxygen atoms in total. The molecule has 32 valence electrons. The Bertz CT molecular complexity index is 28.6. The van der Waals surface area contributed by atoms with Gasteiger partial charge in [-0.1, -0.05) is 0 Å². The van der Waals surface area contributed by atoms with Crippen molar-refractivity contribution in [2.24, 2.45) is 0 Å². The van der Waals surface area contributed by atoms with E-state index in [-0.39, 0.29) is 22.5 Å². The Morgan fingerprint density at radius 2 is 1.60 bits per heavy atom. The van der Waals surface area contributed by atoms with Crippen LogP contribution < -0.4 is 0 Å². The molecule has 5 heavy (non-hydrogen) atoms. The predicted molar refractivity (Wildman–Crippen MR) is 6.38 cm³/mol. The van der Waals surface area contributed by atoms with E-state index in [4.69, 9.17) is 4.79 Å². The van der Waals surface area contributed by atoms with Gasteiger partial charge in [-0.05, 0) is 0 Å². The van der Waals surface area contributed by atoms with Crippen molar-refractivity contribution in [1.29, 1.82) is 0 Å². The molecule has 0 aliphatic rings. The average molecular weight is 156 g/mol. The number of carbonyl (C=O) groups excluding carboxylic acids is 1. The predicted octanol–water partition coefficient (Wildman–Crippen LogP) is -0.521. The minimum absolute atomic E-state index is 0. The van der Waals surface area contributed by atoms with Crippen LogP contribution in [0.3, 0.4) is 0 Å². The smallest absolute Gasteiger partial charge is 2.00 e. The summed E-state index contributed by atoms with van der Waals surface area (Å²) in [4.78, 5) is 9.82. The maximum Gasteiger partial charge on any atom is 2.00 e. The van der Waals surface area contributed by atoms with Crippen LogP contribution in [-0.2, 0) is 42.9 Å². The first-order valence-electron chi connectivity index (χ1n) is 0.381. The van der Waals surface area contributed by atoms with Crippen molar-refractivity contribution in [2.45, 2.75) is 0 Å². The Morgan fingerprint density at radius 1 is 1.60 bits per heavy atom. The third-order valence-corrected chi connectivity index (χ3v) is 0. The van der Waals surface area contributed by atoms with E-state index in [1.54, 1.807) is 0 Å². The first-order chi connectivity index (χ1) is 1.41. The van der Waals surface area contributed by atoms with E-state index in [0.717, 1.165) is 0 Å². The average Bonchev–Trinajstić information content (AvgIpc) is 0.918. The van der Waals surface area contributed by atoms with Gasteiger partial charge < -0.3 is 5.48 Å². The van der Waals surface area contributed by atoms with E-state index in [1.807, 2.05) is 0 Å². The van der Waals surface area contributed by atoms with Crippen LogP contribution in [0.25, 0.3) is 0 Å². The molecule has 0 amide bonds. The summed E-state index contributed by atoms with van der Waals surface area (Å²) < 4.78 is 0. The fourth-order valence-corrected chi connectivity index (χ4v) is 0. The van der Waals surface area contributed by atoms with E-state index in [0.29, 0.717) is 0 Å². The standard InChI is InChI=1S/CO.2Fe.O/c1-2;;;/q;;+2;-2. The van der Waals surface area contributed by atoms with Crippen LogP contribution in [0.15, 0.2) is 0 Å². The summed E-state index contributed by atoms with van der Waals surface area (Å²) >= 11 is 2.68. The molecule has 0 fully saturated rings. The van der Waals surface area contributed by atoms with Crippen molar-refractivity contribution in [1.82, 2.24) is 0 Å². The van der Waals surface area contributed by atoms with Gasteiger partial charge >= 0.3 is 42.2 Å². The molecule has 0 aromatic carbocycles. The Kier molecular flexibility index (Phi) is 82.7. The minimum atomic E-state index is 0. The second-order valence-electron chi connectivity index (χ2n) is 0.0722. The van der Waals surface area contributed by atoms with Crippen LogP contribution in [-0.4, -0.2) is 4.79 Å². The van der Waals surface area contributed by atoms with Gasteiger partial charge in [-0.15, -0.1) is 0 Å². The van der Waals surface area contributed by atoms with Crippen molar-refractivity contribution in [3.63, 3.8) is 0 Å². The molecule has 0 heterocycles. The molecule has 0 saturated heterocycles. The molecule has 0 radical (unpaired) electrons. The van der Waals surface area contributed by atoms with Crippen LogP contribution in [0, 0.1) is 0 Å². The molecule has 0 aromatic heterocycles. The first-order valence-corrected chi connectivity index (χ1v) is 0.933. The molecule has 0 unspecified atom stereocenters. The number of rotatable bonds is 0. The zero-order chi connectivity index (χ0) is 2.71. The molecular formula is CFe2O2. The molecule has 0 atom stereocenters. The van der Waals surface area contributed by atoms with Gasteiger partial charge in [-0.25, -0.2) is 0 Å². The molecule has 0 aliphatic heterocycles. The Labute approximate surface area is 48.1 Å². The van der Waals surface area contributed by atoms with E-state index in [1.165, 1.54) is 4.79 Å². The zero-order valence-corrected chi connectivity index (χ0v) is 4.23. The van der Waals surface area contributed by atoms with Gasteiger partial charge in [0, 0.05) is 0 Å². The van der Waals surface area contributed by atoms with Crippen LogP contribution in [0.4, 0.5) is 0 Å². The summed E-state index contributed by atoms with van der Waals surface area (Å²) in [6.07, 6.45) is 0. The zero-order valence-electron chi connectivity index (χ0n) is 2.02. The summed E-state index contributed by atoms with van der Waals surface area (Å²) in [6.45, 7) is 0. The van der Waals surface area contributed by atoms with Crippen molar-refractivity contribution < 1.29 is 42.9 Å². The van der Waals surface area contributed by atoms with Crippen molar-refractivity contribution in [2.75, 3.05) is 0 Å². The Morgan fingerprint density at radius 3 is 1.60 bits per heavy atom. The van der Waals surface area contributed by atoms with Crippen LogP contribution in [0.1, 0.15) is 0 Å². The quantitative estimate of drug-likeness (QED) is 0.435. The van der Waals surface area contributed by atoms with Gasteiger partial charge in [0.2, 0.25) is 0 Å². The summed E-state index contributed by atoms with van der Waals surface area (Å²) in [6, 6.07) is 0. The van der Waals surface area contributed by atoms with Crippen LogP contribution in [0.5, 0.6) is 0 Å². The molecule has 0 rings (SSSR count). The van der Waals surface area contributed by atoms with Gasteiger partial charge in [0.05, 0.1) is 0 Å². The Balaban J connectivity index is -0.0000000200. The molecule has 0 saturated carbocycles. The number of hydrogen-bond acceptors (Lipinski definition) is 1. The monoisotopic (exact) mass is 156 g/mol. The van der Waals surface area contributed by atoms with Gasteiger partial charge in [0.15, 0.2) is 0 Å².